The van der Waals surface area contributed by atoms with Crippen LogP contribution in [-0.4, -0.2) is 46.6 Å². The number of ether oxygens (including phenoxy) is 1. The Labute approximate surface area is 142 Å². The van der Waals surface area contributed by atoms with E-state index in [4.69, 9.17) is 9.72 Å². The Hall–Kier alpha value is -1.41. The summed E-state index contributed by atoms with van der Waals surface area (Å²) >= 11 is 3.51. The highest BCUT2D eigenvalue weighted by molar-refractivity contribution is 9.10. The van der Waals surface area contributed by atoms with Gasteiger partial charge >= 0.3 is 7.05 Å². The van der Waals surface area contributed by atoms with Gasteiger partial charge in [-0.05, 0) is 30.4 Å². The molecule has 0 unspecified atom stereocenters. The fourth-order valence-electron chi connectivity index (χ4n) is 3.25. The minimum absolute atomic E-state index is 0.0540. The summed E-state index contributed by atoms with van der Waals surface area (Å²) < 4.78 is 6.65. The van der Waals surface area contributed by atoms with Crippen molar-refractivity contribution in [2.24, 2.45) is 0 Å². The lowest BCUT2D eigenvalue weighted by molar-refractivity contribution is 0.0210. The lowest BCUT2D eigenvalue weighted by atomic mass is 9.82. The number of rotatable bonds is 2. The largest absolute Gasteiger partial charge is 0.437 e. The van der Waals surface area contributed by atoms with Gasteiger partial charge in [0.25, 0.3) is 0 Å². The summed E-state index contributed by atoms with van der Waals surface area (Å²) in [6.07, 6.45) is 0. The van der Waals surface area contributed by atoms with Crippen LogP contribution in [0.15, 0.2) is 34.8 Å². The van der Waals surface area contributed by atoms with Crippen molar-refractivity contribution in [1.29, 1.82) is 0 Å². The maximum absolute atomic E-state index is 10.0. The molecule has 3 aromatic rings. The van der Waals surface area contributed by atoms with Gasteiger partial charge in [0.1, 0.15) is 5.82 Å². The molecule has 1 saturated heterocycles. The summed E-state index contributed by atoms with van der Waals surface area (Å²) in [7, 11) is -0.523. The molecule has 2 N–H and O–H groups in total. The maximum Gasteiger partial charge on any atom is 0.377 e. The van der Waals surface area contributed by atoms with Gasteiger partial charge in [-0.2, -0.15) is 0 Å². The summed E-state index contributed by atoms with van der Waals surface area (Å²) in [5.74, 6) is 0.844. The Morgan fingerprint density at radius 1 is 1.39 bits per heavy atom. The number of benzene rings is 2. The second-order valence-corrected chi connectivity index (χ2v) is 6.83. The predicted octanol–water partition coefficient (Wildman–Crippen LogP) is 2.96. The first kappa shape index (κ1) is 15.1. The Morgan fingerprint density at radius 2 is 2.26 bits per heavy atom. The molecule has 2 heterocycles. The van der Waals surface area contributed by atoms with Gasteiger partial charge in [-0.1, -0.05) is 28.1 Å². The van der Waals surface area contributed by atoms with Gasteiger partial charge in [-0.15, -0.1) is 0 Å². The average molecular weight is 374 g/mol. The second-order valence-electron chi connectivity index (χ2n) is 5.91. The summed E-state index contributed by atoms with van der Waals surface area (Å²) in [6.45, 7) is 3.66. The smallest absolute Gasteiger partial charge is 0.377 e. The molecule has 5 nitrogen and oxygen atoms in total. The SMILES string of the molecule is CB(O)N1CCOC[C@H]1c1nc2c(ccc3cc(Br)ccc32)[nH]1. The highest BCUT2D eigenvalue weighted by Gasteiger charge is 2.31. The lowest BCUT2D eigenvalue weighted by Gasteiger charge is -2.35. The van der Waals surface area contributed by atoms with Crippen LogP contribution < -0.4 is 0 Å². The van der Waals surface area contributed by atoms with Crippen LogP contribution in [0.2, 0.25) is 6.82 Å². The highest BCUT2D eigenvalue weighted by Crippen LogP contribution is 2.30. The molecule has 2 aromatic carbocycles. The third-order valence-electron chi connectivity index (χ3n) is 4.41. The van der Waals surface area contributed by atoms with Crippen molar-refractivity contribution < 1.29 is 9.76 Å². The van der Waals surface area contributed by atoms with Crippen molar-refractivity contribution in [1.82, 2.24) is 14.8 Å². The van der Waals surface area contributed by atoms with Crippen molar-refractivity contribution in [2.75, 3.05) is 19.8 Å². The molecular formula is C16H17BBrN3O2. The summed E-state index contributed by atoms with van der Waals surface area (Å²) in [6, 6.07) is 10.3. The molecule has 1 aromatic heterocycles. The number of aromatic nitrogens is 2. The zero-order valence-corrected chi connectivity index (χ0v) is 14.4. The number of imidazole rings is 1. The Bertz CT molecular complexity index is 867. The first-order valence-corrected chi connectivity index (χ1v) is 8.52. The summed E-state index contributed by atoms with van der Waals surface area (Å²) in [5.41, 5.74) is 1.96. The molecule has 0 bridgehead atoms. The number of fused-ring (bicyclic) bond motifs is 3. The molecule has 0 amide bonds. The van der Waals surface area contributed by atoms with Crippen molar-refractivity contribution >= 4 is 44.8 Å². The fraction of sp³-hybridized carbons (Fsp3) is 0.312. The second kappa shape index (κ2) is 5.90. The average Bonchev–Trinajstić information content (AvgIpc) is 2.98. The zero-order chi connectivity index (χ0) is 16.0. The molecule has 1 atom stereocenters. The Balaban J connectivity index is 1.83. The molecule has 118 valence electrons. The number of hydrogen-bond acceptors (Lipinski definition) is 4. The number of H-pyrrole nitrogens is 1. The summed E-state index contributed by atoms with van der Waals surface area (Å²) in [4.78, 5) is 10.2. The van der Waals surface area contributed by atoms with E-state index in [2.05, 4.69) is 45.2 Å². The van der Waals surface area contributed by atoms with Crippen LogP contribution in [0.4, 0.5) is 0 Å². The van der Waals surface area contributed by atoms with Gasteiger partial charge in [0.15, 0.2) is 0 Å². The van der Waals surface area contributed by atoms with Crippen LogP contribution in [-0.2, 0) is 4.74 Å². The fourth-order valence-corrected chi connectivity index (χ4v) is 3.63. The molecule has 1 fully saturated rings. The van der Waals surface area contributed by atoms with E-state index >= 15 is 0 Å². The van der Waals surface area contributed by atoms with Crippen LogP contribution >= 0.6 is 15.9 Å². The first-order chi connectivity index (χ1) is 11.1. The van der Waals surface area contributed by atoms with E-state index in [9.17, 15) is 5.02 Å². The molecule has 0 aliphatic carbocycles. The number of halogens is 1. The minimum atomic E-state index is -0.523. The van der Waals surface area contributed by atoms with Gasteiger partial charge in [-0.25, -0.2) is 4.98 Å². The van der Waals surface area contributed by atoms with Crippen LogP contribution in [0.25, 0.3) is 21.8 Å². The third kappa shape index (κ3) is 2.68. The number of aromatic amines is 1. The van der Waals surface area contributed by atoms with Crippen LogP contribution in [0, 0.1) is 0 Å². The first-order valence-electron chi connectivity index (χ1n) is 7.73. The Morgan fingerprint density at radius 3 is 3.09 bits per heavy atom. The standard InChI is InChI=1S/C16H17BBrN3O2/c1-17(22)21-6-7-23-9-14(21)16-19-13-5-2-10-8-11(18)3-4-12(10)15(13)20-16/h2-5,8,14,22H,6-7,9H2,1H3,(H,19,20)/t14-/m0/s1. The van der Waals surface area contributed by atoms with E-state index < -0.39 is 7.05 Å². The predicted molar refractivity (Wildman–Crippen MR) is 95.4 cm³/mol. The van der Waals surface area contributed by atoms with E-state index in [1.54, 1.807) is 6.82 Å². The van der Waals surface area contributed by atoms with E-state index in [1.165, 1.54) is 0 Å². The monoisotopic (exact) mass is 373 g/mol. The minimum Gasteiger partial charge on any atom is -0.437 e. The lowest BCUT2D eigenvalue weighted by Crippen LogP contribution is -2.47. The summed E-state index contributed by atoms with van der Waals surface area (Å²) in [5, 5.41) is 12.3. The van der Waals surface area contributed by atoms with Crippen molar-refractivity contribution in [3.8, 4) is 0 Å². The van der Waals surface area contributed by atoms with E-state index in [0.29, 0.717) is 19.8 Å². The topological polar surface area (TPSA) is 61.4 Å². The number of morpholine rings is 1. The molecule has 23 heavy (non-hydrogen) atoms. The Kier molecular flexibility index (Phi) is 3.89. The van der Waals surface area contributed by atoms with Gasteiger partial charge in [-0.3, -0.25) is 0 Å². The molecule has 1 aliphatic rings. The molecule has 7 heteroatoms. The van der Waals surface area contributed by atoms with Gasteiger partial charge in [0.05, 0.1) is 30.3 Å². The number of nitrogens with zero attached hydrogens (tertiary/aromatic N) is 2. The van der Waals surface area contributed by atoms with Crippen LogP contribution in [0.5, 0.6) is 0 Å². The molecule has 1 aliphatic heterocycles. The number of nitrogens with one attached hydrogen (secondary N) is 1. The van der Waals surface area contributed by atoms with Crippen LogP contribution in [0.3, 0.4) is 0 Å². The molecule has 0 spiro atoms. The number of hydrogen-bond donors (Lipinski definition) is 2. The van der Waals surface area contributed by atoms with Crippen molar-refractivity contribution in [2.45, 2.75) is 12.9 Å². The quantitative estimate of drug-likeness (QED) is 0.678. The van der Waals surface area contributed by atoms with E-state index in [0.717, 1.165) is 32.1 Å². The van der Waals surface area contributed by atoms with E-state index in [1.807, 2.05) is 10.9 Å². The molecule has 0 radical (unpaired) electrons. The molecule has 4 rings (SSSR count). The van der Waals surface area contributed by atoms with Gasteiger partial charge in [0, 0.05) is 16.4 Å². The zero-order valence-electron chi connectivity index (χ0n) is 12.8. The maximum atomic E-state index is 10.0. The van der Waals surface area contributed by atoms with Crippen LogP contribution in [0.1, 0.15) is 11.9 Å². The molecular weight excluding hydrogens is 357 g/mol. The van der Waals surface area contributed by atoms with Crippen molar-refractivity contribution in [3.05, 3.63) is 40.6 Å². The van der Waals surface area contributed by atoms with Gasteiger partial charge in [0.2, 0.25) is 0 Å². The van der Waals surface area contributed by atoms with Gasteiger partial charge < -0.3 is 19.6 Å². The normalized spacial score (nSPS) is 19.5. The van der Waals surface area contributed by atoms with Crippen molar-refractivity contribution in [3.63, 3.8) is 0 Å². The third-order valence-corrected chi connectivity index (χ3v) is 4.91. The highest BCUT2D eigenvalue weighted by atomic mass is 79.9. The van der Waals surface area contributed by atoms with E-state index in [-0.39, 0.29) is 6.04 Å². The molecule has 0 saturated carbocycles.